The van der Waals surface area contributed by atoms with Crippen molar-refractivity contribution in [3.05, 3.63) is 66.3 Å². The summed E-state index contributed by atoms with van der Waals surface area (Å²) in [6.07, 6.45) is -2.99. The Labute approximate surface area is 163 Å². The Kier molecular flexibility index (Phi) is 6.01. The molecule has 3 rings (SSSR count). The fourth-order valence-electron chi connectivity index (χ4n) is 2.40. The number of halogens is 4. The zero-order valence-electron chi connectivity index (χ0n) is 14.9. The van der Waals surface area contributed by atoms with Gasteiger partial charge in [0.25, 0.3) is 0 Å². The molecule has 0 aliphatic heterocycles. The lowest BCUT2D eigenvalue weighted by molar-refractivity contribution is -0.274. The Balaban J connectivity index is 1.58. The molecule has 6 nitrogen and oxygen atoms in total. The van der Waals surface area contributed by atoms with E-state index in [0.29, 0.717) is 23.6 Å². The van der Waals surface area contributed by atoms with Gasteiger partial charge in [-0.2, -0.15) is 0 Å². The maximum atomic E-state index is 13.0. The Bertz CT molecular complexity index is 984. The van der Waals surface area contributed by atoms with E-state index in [0.717, 1.165) is 6.07 Å². The molecule has 2 aromatic carbocycles. The van der Waals surface area contributed by atoms with Gasteiger partial charge in [0.2, 0.25) is 5.89 Å². The van der Waals surface area contributed by atoms with E-state index in [4.69, 9.17) is 10.2 Å². The molecule has 3 aromatic rings. The second-order valence-corrected chi connectivity index (χ2v) is 5.84. The Hall–Kier alpha value is -3.56. The third-order valence-electron chi connectivity index (χ3n) is 3.67. The summed E-state index contributed by atoms with van der Waals surface area (Å²) in [5.41, 5.74) is 7.00. The van der Waals surface area contributed by atoms with Crippen LogP contribution >= 0.6 is 0 Å². The van der Waals surface area contributed by atoms with E-state index in [1.807, 2.05) is 0 Å². The van der Waals surface area contributed by atoms with Crippen LogP contribution in [0.4, 0.5) is 23.2 Å². The molecule has 0 atom stereocenters. The van der Waals surface area contributed by atoms with Gasteiger partial charge in [0.15, 0.2) is 11.7 Å². The molecule has 0 radical (unpaired) electrons. The van der Waals surface area contributed by atoms with Crippen LogP contribution in [0.3, 0.4) is 0 Å². The van der Waals surface area contributed by atoms with E-state index in [9.17, 15) is 17.6 Å². The summed E-state index contributed by atoms with van der Waals surface area (Å²) >= 11 is 0. The zero-order valence-corrected chi connectivity index (χ0v) is 14.9. The first-order valence-corrected chi connectivity index (χ1v) is 8.42. The van der Waals surface area contributed by atoms with E-state index >= 15 is 0 Å². The van der Waals surface area contributed by atoms with Crippen molar-refractivity contribution in [3.8, 4) is 17.2 Å². The molecule has 29 heavy (non-hydrogen) atoms. The molecule has 10 heteroatoms. The van der Waals surface area contributed by atoms with Gasteiger partial charge in [0, 0.05) is 18.5 Å². The van der Waals surface area contributed by atoms with E-state index in [-0.39, 0.29) is 24.0 Å². The van der Waals surface area contributed by atoms with Crippen molar-refractivity contribution >= 4 is 11.6 Å². The number of nitrogens with two attached hydrogens (primary N) is 1. The highest BCUT2D eigenvalue weighted by Crippen LogP contribution is 2.29. The minimum Gasteiger partial charge on any atom is -0.444 e. The van der Waals surface area contributed by atoms with Crippen LogP contribution in [0, 0.1) is 5.82 Å². The summed E-state index contributed by atoms with van der Waals surface area (Å²) in [5.74, 6) is -0.516. The molecule has 0 amide bonds. The predicted octanol–water partition coefficient (Wildman–Crippen LogP) is 4.35. The van der Waals surface area contributed by atoms with Crippen LogP contribution in [-0.2, 0) is 6.42 Å². The third kappa shape index (κ3) is 5.96. The Morgan fingerprint density at radius 2 is 1.86 bits per heavy atom. The number of guanidine groups is 1. The molecule has 0 fully saturated rings. The van der Waals surface area contributed by atoms with Crippen molar-refractivity contribution in [2.75, 3.05) is 11.9 Å². The lowest BCUT2D eigenvalue weighted by Gasteiger charge is -2.14. The van der Waals surface area contributed by atoms with Gasteiger partial charge in [0.1, 0.15) is 12.1 Å². The average molecular weight is 408 g/mol. The SMILES string of the molecule is NC(=NCCc1coc(-c2ccc(F)cc2)n1)Nc1ccccc1OC(F)(F)F. The lowest BCUT2D eigenvalue weighted by Crippen LogP contribution is -2.24. The summed E-state index contributed by atoms with van der Waals surface area (Å²) < 4.78 is 59.6. The van der Waals surface area contributed by atoms with Gasteiger partial charge in [0.05, 0.1) is 11.4 Å². The van der Waals surface area contributed by atoms with Crippen LogP contribution in [0.25, 0.3) is 11.5 Å². The third-order valence-corrected chi connectivity index (χ3v) is 3.67. The van der Waals surface area contributed by atoms with Gasteiger partial charge >= 0.3 is 6.36 Å². The molecule has 0 spiro atoms. The number of alkyl halides is 3. The van der Waals surface area contributed by atoms with E-state index in [1.165, 1.54) is 36.6 Å². The second kappa shape index (κ2) is 8.63. The number of ether oxygens (including phenoxy) is 1. The number of oxazole rings is 1. The van der Waals surface area contributed by atoms with Crippen molar-refractivity contribution in [3.63, 3.8) is 0 Å². The predicted molar refractivity (Wildman–Crippen MR) is 98.8 cm³/mol. The molecule has 0 aliphatic carbocycles. The minimum atomic E-state index is -4.82. The Morgan fingerprint density at radius 1 is 1.14 bits per heavy atom. The van der Waals surface area contributed by atoms with Gasteiger partial charge < -0.3 is 20.2 Å². The number of hydrogen-bond donors (Lipinski definition) is 2. The maximum Gasteiger partial charge on any atom is 0.573 e. The van der Waals surface area contributed by atoms with Gasteiger partial charge in [-0.05, 0) is 36.4 Å². The van der Waals surface area contributed by atoms with Gasteiger partial charge in [-0.25, -0.2) is 9.37 Å². The molecule has 0 aliphatic rings. The number of nitrogens with one attached hydrogen (secondary N) is 1. The summed E-state index contributed by atoms with van der Waals surface area (Å²) in [7, 11) is 0. The first kappa shape index (κ1) is 20.2. The molecule has 1 heterocycles. The highest BCUT2D eigenvalue weighted by Gasteiger charge is 2.32. The fourth-order valence-corrected chi connectivity index (χ4v) is 2.40. The highest BCUT2D eigenvalue weighted by atomic mass is 19.4. The van der Waals surface area contributed by atoms with Crippen molar-refractivity contribution in [2.45, 2.75) is 12.8 Å². The van der Waals surface area contributed by atoms with Crippen LogP contribution < -0.4 is 15.8 Å². The van der Waals surface area contributed by atoms with Crippen molar-refractivity contribution < 1.29 is 26.7 Å². The molecular formula is C19H16F4N4O2. The number of benzene rings is 2. The van der Waals surface area contributed by atoms with Gasteiger partial charge in [-0.1, -0.05) is 12.1 Å². The quantitative estimate of drug-likeness (QED) is 0.360. The number of rotatable bonds is 6. The van der Waals surface area contributed by atoms with Crippen molar-refractivity contribution in [1.82, 2.24) is 4.98 Å². The largest absolute Gasteiger partial charge is 0.573 e. The van der Waals surface area contributed by atoms with E-state index < -0.39 is 12.1 Å². The van der Waals surface area contributed by atoms with Crippen LogP contribution in [0.15, 0.2) is 64.2 Å². The molecule has 0 unspecified atom stereocenters. The summed E-state index contributed by atoms with van der Waals surface area (Å²) in [6, 6.07) is 11.2. The number of aromatic nitrogens is 1. The highest BCUT2D eigenvalue weighted by molar-refractivity contribution is 5.93. The van der Waals surface area contributed by atoms with Crippen LogP contribution in [0.5, 0.6) is 5.75 Å². The minimum absolute atomic E-state index is 0.0334. The lowest BCUT2D eigenvalue weighted by atomic mass is 10.2. The number of hydrogen-bond acceptors (Lipinski definition) is 4. The summed E-state index contributed by atoms with van der Waals surface area (Å²) in [5, 5.41) is 2.58. The monoisotopic (exact) mass is 408 g/mol. The summed E-state index contributed by atoms with van der Waals surface area (Å²) in [4.78, 5) is 8.34. The van der Waals surface area contributed by atoms with Crippen molar-refractivity contribution in [1.29, 1.82) is 0 Å². The zero-order chi connectivity index (χ0) is 20.9. The molecule has 0 bridgehead atoms. The fraction of sp³-hybridized carbons (Fsp3) is 0.158. The number of para-hydroxylation sites is 2. The van der Waals surface area contributed by atoms with Crippen LogP contribution in [-0.4, -0.2) is 23.9 Å². The molecular weight excluding hydrogens is 392 g/mol. The molecule has 0 saturated heterocycles. The molecule has 0 saturated carbocycles. The number of anilines is 1. The normalized spacial score (nSPS) is 12.1. The molecule has 1 aromatic heterocycles. The van der Waals surface area contributed by atoms with Crippen LogP contribution in [0.2, 0.25) is 0 Å². The van der Waals surface area contributed by atoms with Crippen molar-refractivity contribution in [2.24, 2.45) is 10.7 Å². The average Bonchev–Trinajstić information content (AvgIpc) is 3.12. The Morgan fingerprint density at radius 3 is 2.59 bits per heavy atom. The van der Waals surface area contributed by atoms with Gasteiger partial charge in [-0.15, -0.1) is 13.2 Å². The standard InChI is InChI=1S/C19H16F4N4O2/c20-13-7-5-12(6-8-13)17-26-14(11-28-17)9-10-25-18(24)27-15-3-1-2-4-16(15)29-19(21,22)23/h1-8,11H,9-10H2,(H3,24,25,27). The second-order valence-electron chi connectivity index (χ2n) is 5.84. The molecule has 152 valence electrons. The first-order chi connectivity index (χ1) is 13.8. The smallest absolute Gasteiger partial charge is 0.444 e. The number of aliphatic imine (C=N–C) groups is 1. The maximum absolute atomic E-state index is 13.0. The summed E-state index contributed by atoms with van der Waals surface area (Å²) in [6.45, 7) is 0.219. The molecule has 3 N–H and O–H groups in total. The first-order valence-electron chi connectivity index (χ1n) is 8.42. The van der Waals surface area contributed by atoms with E-state index in [2.05, 4.69) is 20.0 Å². The van der Waals surface area contributed by atoms with Gasteiger partial charge in [-0.3, -0.25) is 4.99 Å². The topological polar surface area (TPSA) is 85.7 Å². The van der Waals surface area contributed by atoms with E-state index in [1.54, 1.807) is 12.1 Å². The number of nitrogens with zero attached hydrogens (tertiary/aromatic N) is 2. The van der Waals surface area contributed by atoms with Crippen LogP contribution in [0.1, 0.15) is 5.69 Å².